The Morgan fingerprint density at radius 1 is 1.60 bits per heavy atom. The van der Waals surface area contributed by atoms with E-state index in [-0.39, 0.29) is 5.69 Å². The summed E-state index contributed by atoms with van der Waals surface area (Å²) in [5, 5.41) is 8.37. The van der Waals surface area contributed by atoms with E-state index in [1.807, 2.05) is 0 Å². The van der Waals surface area contributed by atoms with Gasteiger partial charge in [-0.2, -0.15) is 0 Å². The van der Waals surface area contributed by atoms with Gasteiger partial charge in [0.05, 0.1) is 0 Å². The van der Waals surface area contributed by atoms with Crippen molar-refractivity contribution in [2.24, 2.45) is 0 Å². The summed E-state index contributed by atoms with van der Waals surface area (Å²) in [5.41, 5.74) is 0.471. The van der Waals surface area contributed by atoms with Gasteiger partial charge in [0.25, 0.3) is 0 Å². The minimum absolute atomic E-state index is 0.00852. The fraction of sp³-hybridized carbons (Fsp3) is 0. The van der Waals surface area contributed by atoms with Gasteiger partial charge in [-0.05, 0) is 6.07 Å². The van der Waals surface area contributed by atoms with E-state index < -0.39 is 5.97 Å². The minimum Gasteiger partial charge on any atom is -0.477 e. The summed E-state index contributed by atoms with van der Waals surface area (Å²) in [4.78, 5) is 13.8. The fourth-order valence-electron chi connectivity index (χ4n) is 0.532. The van der Waals surface area contributed by atoms with E-state index in [0.717, 1.165) is 0 Å². The maximum atomic E-state index is 10.2. The summed E-state index contributed by atoms with van der Waals surface area (Å²) in [6.45, 7) is 0. The van der Waals surface area contributed by atoms with Crippen LogP contribution < -0.4 is 5.46 Å². The Kier molecular flexibility index (Phi) is 1.71. The van der Waals surface area contributed by atoms with E-state index in [4.69, 9.17) is 13.0 Å². The molecule has 4 heteroatoms. The molecule has 1 heterocycles. The van der Waals surface area contributed by atoms with E-state index in [1.165, 1.54) is 18.3 Å². The van der Waals surface area contributed by atoms with Crippen LogP contribution in [0, 0.1) is 0 Å². The topological polar surface area (TPSA) is 50.2 Å². The number of hydrogen-bond acceptors (Lipinski definition) is 2. The highest BCUT2D eigenvalue weighted by atomic mass is 16.4. The van der Waals surface area contributed by atoms with Crippen LogP contribution in [-0.2, 0) is 0 Å². The smallest absolute Gasteiger partial charge is 0.354 e. The number of aromatic carboxylic acids is 1. The third kappa shape index (κ3) is 1.34. The zero-order valence-electron chi connectivity index (χ0n) is 5.11. The van der Waals surface area contributed by atoms with Crippen LogP contribution in [0.2, 0.25) is 0 Å². The number of carboxylic acids is 1. The van der Waals surface area contributed by atoms with Gasteiger partial charge in [-0.1, -0.05) is 11.5 Å². The lowest BCUT2D eigenvalue weighted by molar-refractivity contribution is 0.0690. The number of hydrogen-bond donors (Lipinski definition) is 1. The van der Waals surface area contributed by atoms with Crippen LogP contribution in [0.4, 0.5) is 0 Å². The Labute approximate surface area is 59.1 Å². The van der Waals surface area contributed by atoms with Crippen LogP contribution >= 0.6 is 0 Å². The SMILES string of the molecule is [B]c1ccc(C(=O)O)nc1. The first kappa shape index (κ1) is 6.80. The molecule has 1 aromatic rings. The van der Waals surface area contributed by atoms with Crippen LogP contribution in [-0.4, -0.2) is 23.9 Å². The molecule has 0 saturated heterocycles. The monoisotopic (exact) mass is 133 g/mol. The van der Waals surface area contributed by atoms with Crippen molar-refractivity contribution >= 4 is 19.3 Å². The molecule has 0 aliphatic heterocycles. The van der Waals surface area contributed by atoms with Crippen LogP contribution in [0.1, 0.15) is 10.5 Å². The Morgan fingerprint density at radius 2 is 2.30 bits per heavy atom. The minimum atomic E-state index is -1.04. The van der Waals surface area contributed by atoms with Gasteiger partial charge in [0.2, 0.25) is 0 Å². The number of pyridine rings is 1. The van der Waals surface area contributed by atoms with Gasteiger partial charge in [0.1, 0.15) is 13.5 Å². The maximum absolute atomic E-state index is 10.2. The Bertz CT molecular complexity index is 244. The van der Waals surface area contributed by atoms with Crippen molar-refractivity contribution in [3.63, 3.8) is 0 Å². The molecular formula is C6H4BNO2. The largest absolute Gasteiger partial charge is 0.477 e. The highest BCUT2D eigenvalue weighted by Gasteiger charge is 2.00. The van der Waals surface area contributed by atoms with Gasteiger partial charge in [0, 0.05) is 6.20 Å². The molecule has 10 heavy (non-hydrogen) atoms. The average molecular weight is 133 g/mol. The summed E-state index contributed by atoms with van der Waals surface area (Å²) in [5.74, 6) is -1.04. The van der Waals surface area contributed by atoms with Crippen molar-refractivity contribution in [3.8, 4) is 0 Å². The Morgan fingerprint density at radius 3 is 2.70 bits per heavy atom. The molecule has 0 aromatic carbocycles. The number of carbonyl (C=O) groups is 1. The van der Waals surface area contributed by atoms with E-state index in [1.54, 1.807) is 0 Å². The first-order valence-corrected chi connectivity index (χ1v) is 2.65. The second-order valence-electron chi connectivity index (χ2n) is 1.78. The zero-order chi connectivity index (χ0) is 7.56. The second-order valence-corrected chi connectivity index (χ2v) is 1.78. The van der Waals surface area contributed by atoms with Crippen molar-refractivity contribution in [2.75, 3.05) is 0 Å². The lowest BCUT2D eigenvalue weighted by Gasteiger charge is -1.92. The number of carboxylic acid groups (broad SMARTS) is 1. The first-order chi connectivity index (χ1) is 4.70. The second kappa shape index (κ2) is 2.52. The van der Waals surface area contributed by atoms with Crippen LogP contribution in [0.15, 0.2) is 18.3 Å². The molecule has 3 nitrogen and oxygen atoms in total. The molecule has 0 spiro atoms. The third-order valence-corrected chi connectivity index (χ3v) is 1.01. The molecule has 0 amide bonds. The number of rotatable bonds is 1. The van der Waals surface area contributed by atoms with Crippen LogP contribution in [0.25, 0.3) is 0 Å². The van der Waals surface area contributed by atoms with Gasteiger partial charge < -0.3 is 5.11 Å². The molecule has 1 N–H and O–H groups in total. The molecule has 48 valence electrons. The zero-order valence-corrected chi connectivity index (χ0v) is 5.11. The van der Waals surface area contributed by atoms with Gasteiger partial charge in [-0.15, -0.1) is 0 Å². The van der Waals surface area contributed by atoms with Gasteiger partial charge in [-0.3, -0.25) is 0 Å². The predicted octanol–water partition coefficient (Wildman–Crippen LogP) is -0.426. The summed E-state index contributed by atoms with van der Waals surface area (Å²) < 4.78 is 0. The normalized spacial score (nSPS) is 9.20. The number of nitrogens with zero attached hydrogens (tertiary/aromatic N) is 1. The van der Waals surface area contributed by atoms with Gasteiger partial charge in [-0.25, -0.2) is 9.78 Å². The van der Waals surface area contributed by atoms with Crippen molar-refractivity contribution in [1.82, 2.24) is 4.98 Å². The quantitative estimate of drug-likeness (QED) is 0.529. The third-order valence-electron chi connectivity index (χ3n) is 1.01. The molecule has 1 rings (SSSR count). The average Bonchev–Trinajstić information content (AvgIpc) is 1.88. The van der Waals surface area contributed by atoms with Crippen molar-refractivity contribution in [3.05, 3.63) is 24.0 Å². The molecule has 0 atom stereocenters. The molecule has 0 aliphatic rings. The summed E-state index contributed by atoms with van der Waals surface area (Å²) in [7, 11) is 5.27. The molecular weight excluding hydrogens is 129 g/mol. The highest BCUT2D eigenvalue weighted by molar-refractivity contribution is 6.32. The number of aromatic nitrogens is 1. The molecule has 0 aliphatic carbocycles. The van der Waals surface area contributed by atoms with Crippen LogP contribution in [0.5, 0.6) is 0 Å². The van der Waals surface area contributed by atoms with E-state index in [2.05, 4.69) is 4.98 Å². The Hall–Kier alpha value is -1.32. The predicted molar refractivity (Wildman–Crippen MR) is 36.6 cm³/mol. The van der Waals surface area contributed by atoms with Crippen LogP contribution in [0.3, 0.4) is 0 Å². The lowest BCUT2D eigenvalue weighted by Crippen LogP contribution is -2.07. The summed E-state index contributed by atoms with van der Waals surface area (Å²) >= 11 is 0. The highest BCUT2D eigenvalue weighted by Crippen LogP contribution is 1.88. The fourth-order valence-corrected chi connectivity index (χ4v) is 0.532. The summed E-state index contributed by atoms with van der Waals surface area (Å²) in [6, 6.07) is 2.86. The molecule has 0 bridgehead atoms. The summed E-state index contributed by atoms with van der Waals surface area (Å²) in [6.07, 6.45) is 1.31. The molecule has 1 aromatic heterocycles. The maximum Gasteiger partial charge on any atom is 0.354 e. The van der Waals surface area contributed by atoms with E-state index in [0.29, 0.717) is 5.46 Å². The molecule has 0 fully saturated rings. The van der Waals surface area contributed by atoms with E-state index >= 15 is 0 Å². The molecule has 2 radical (unpaired) electrons. The van der Waals surface area contributed by atoms with Crippen molar-refractivity contribution in [2.45, 2.75) is 0 Å². The van der Waals surface area contributed by atoms with E-state index in [9.17, 15) is 4.79 Å². The van der Waals surface area contributed by atoms with Crippen molar-refractivity contribution in [1.29, 1.82) is 0 Å². The van der Waals surface area contributed by atoms with Gasteiger partial charge in [0.15, 0.2) is 0 Å². The Balaban J connectivity index is 3.00. The van der Waals surface area contributed by atoms with Crippen molar-refractivity contribution < 1.29 is 9.90 Å². The molecule has 0 saturated carbocycles. The lowest BCUT2D eigenvalue weighted by atomic mass is 9.99. The molecule has 0 unspecified atom stereocenters. The first-order valence-electron chi connectivity index (χ1n) is 2.65. The standard InChI is InChI=1S/C6H4BNO2/c7-4-1-2-5(6(9)10)8-3-4/h1-3H,(H,9,10). The van der Waals surface area contributed by atoms with Gasteiger partial charge >= 0.3 is 5.97 Å².